The molecule has 0 aliphatic heterocycles. The van der Waals surface area contributed by atoms with E-state index in [0.29, 0.717) is 22.9 Å². The number of anilines is 3. The fourth-order valence-corrected chi connectivity index (χ4v) is 2.52. The number of ether oxygens (including phenoxy) is 2. The average molecular weight is 363 g/mol. The standard InChI is InChI=1S/C21H21N3O3/c1-14-4-6-15(7-5-14)23-16-10-11-22-19(12-16)21(25)24-18-9-8-17(26-2)13-20(18)27-3/h4-13H,1-3H3,(H,22,23)(H,24,25). The van der Waals surface area contributed by atoms with Crippen molar-refractivity contribution in [2.75, 3.05) is 24.9 Å². The van der Waals surface area contributed by atoms with Crippen molar-refractivity contribution in [3.05, 3.63) is 72.1 Å². The monoisotopic (exact) mass is 363 g/mol. The van der Waals surface area contributed by atoms with E-state index in [2.05, 4.69) is 15.6 Å². The first-order chi connectivity index (χ1) is 13.1. The maximum absolute atomic E-state index is 12.6. The molecule has 0 radical (unpaired) electrons. The van der Waals surface area contributed by atoms with Crippen molar-refractivity contribution in [2.24, 2.45) is 0 Å². The Kier molecular flexibility index (Phi) is 5.56. The van der Waals surface area contributed by atoms with Gasteiger partial charge in [0.2, 0.25) is 0 Å². The van der Waals surface area contributed by atoms with Crippen LogP contribution in [0.4, 0.5) is 17.1 Å². The van der Waals surface area contributed by atoms with Crippen LogP contribution in [-0.2, 0) is 0 Å². The zero-order valence-electron chi connectivity index (χ0n) is 15.4. The van der Waals surface area contributed by atoms with Gasteiger partial charge in [-0.3, -0.25) is 9.78 Å². The second-order valence-electron chi connectivity index (χ2n) is 5.94. The molecule has 1 amide bonds. The molecule has 3 rings (SSSR count). The van der Waals surface area contributed by atoms with E-state index in [9.17, 15) is 4.79 Å². The van der Waals surface area contributed by atoms with Gasteiger partial charge in [0.15, 0.2) is 0 Å². The Bertz CT molecular complexity index is 940. The van der Waals surface area contributed by atoms with Crippen LogP contribution in [0.2, 0.25) is 0 Å². The first kappa shape index (κ1) is 18.3. The quantitative estimate of drug-likeness (QED) is 0.679. The van der Waals surface area contributed by atoms with Gasteiger partial charge in [0, 0.05) is 23.6 Å². The third-order valence-corrected chi connectivity index (χ3v) is 3.99. The summed E-state index contributed by atoms with van der Waals surface area (Å²) in [4.78, 5) is 16.8. The summed E-state index contributed by atoms with van der Waals surface area (Å²) in [6.07, 6.45) is 1.59. The maximum Gasteiger partial charge on any atom is 0.274 e. The zero-order chi connectivity index (χ0) is 19.2. The van der Waals surface area contributed by atoms with E-state index in [4.69, 9.17) is 9.47 Å². The SMILES string of the molecule is COc1ccc(NC(=O)c2cc(Nc3ccc(C)cc3)ccn2)c(OC)c1. The minimum atomic E-state index is -0.328. The molecule has 3 aromatic rings. The molecule has 2 N–H and O–H groups in total. The van der Waals surface area contributed by atoms with Crippen LogP contribution in [0.15, 0.2) is 60.8 Å². The molecule has 6 nitrogen and oxygen atoms in total. The lowest BCUT2D eigenvalue weighted by molar-refractivity contribution is 0.102. The zero-order valence-corrected chi connectivity index (χ0v) is 15.4. The van der Waals surface area contributed by atoms with Gasteiger partial charge in [0.1, 0.15) is 17.2 Å². The van der Waals surface area contributed by atoms with E-state index in [0.717, 1.165) is 11.4 Å². The molecule has 2 aromatic carbocycles. The average Bonchev–Trinajstić information content (AvgIpc) is 2.70. The van der Waals surface area contributed by atoms with Crippen LogP contribution in [0.25, 0.3) is 0 Å². The molecule has 138 valence electrons. The summed E-state index contributed by atoms with van der Waals surface area (Å²) in [6, 6.07) is 16.7. The predicted molar refractivity (Wildman–Crippen MR) is 106 cm³/mol. The normalized spacial score (nSPS) is 10.2. The Morgan fingerprint density at radius 2 is 1.70 bits per heavy atom. The number of benzene rings is 2. The number of aryl methyl sites for hydroxylation is 1. The summed E-state index contributed by atoms with van der Waals surface area (Å²) in [5, 5.41) is 6.08. The lowest BCUT2D eigenvalue weighted by atomic mass is 10.2. The number of rotatable bonds is 6. The summed E-state index contributed by atoms with van der Waals surface area (Å²) in [7, 11) is 3.11. The highest BCUT2D eigenvalue weighted by Gasteiger charge is 2.12. The van der Waals surface area contributed by atoms with Crippen molar-refractivity contribution >= 4 is 23.0 Å². The summed E-state index contributed by atoms with van der Waals surface area (Å²) >= 11 is 0. The molecule has 0 aliphatic rings. The third-order valence-electron chi connectivity index (χ3n) is 3.99. The van der Waals surface area contributed by atoms with Crippen LogP contribution in [0.5, 0.6) is 11.5 Å². The number of carbonyl (C=O) groups excluding carboxylic acids is 1. The van der Waals surface area contributed by atoms with Crippen molar-refractivity contribution in [2.45, 2.75) is 6.92 Å². The third kappa shape index (κ3) is 4.55. The Balaban J connectivity index is 1.76. The van der Waals surface area contributed by atoms with E-state index in [1.54, 1.807) is 37.6 Å². The van der Waals surface area contributed by atoms with Gasteiger partial charge < -0.3 is 20.1 Å². The first-order valence-corrected chi connectivity index (χ1v) is 8.42. The van der Waals surface area contributed by atoms with Gasteiger partial charge in [-0.05, 0) is 43.3 Å². The minimum Gasteiger partial charge on any atom is -0.497 e. The topological polar surface area (TPSA) is 72.5 Å². The van der Waals surface area contributed by atoms with Crippen LogP contribution < -0.4 is 20.1 Å². The van der Waals surface area contributed by atoms with E-state index in [1.807, 2.05) is 37.3 Å². The minimum absolute atomic E-state index is 0.296. The number of aromatic nitrogens is 1. The summed E-state index contributed by atoms with van der Waals surface area (Å²) in [5.41, 5.74) is 3.74. The number of nitrogens with one attached hydrogen (secondary N) is 2. The highest BCUT2D eigenvalue weighted by molar-refractivity contribution is 6.04. The summed E-state index contributed by atoms with van der Waals surface area (Å²) in [5.74, 6) is 0.829. The van der Waals surface area contributed by atoms with Gasteiger partial charge in [-0.2, -0.15) is 0 Å². The summed E-state index contributed by atoms with van der Waals surface area (Å²) < 4.78 is 10.5. The number of carbonyl (C=O) groups is 1. The Morgan fingerprint density at radius 3 is 2.41 bits per heavy atom. The molecule has 6 heteroatoms. The van der Waals surface area contributed by atoms with E-state index in [1.165, 1.54) is 12.7 Å². The van der Waals surface area contributed by atoms with E-state index < -0.39 is 0 Å². The molecule has 0 bridgehead atoms. The van der Waals surface area contributed by atoms with Gasteiger partial charge >= 0.3 is 0 Å². The molecular weight excluding hydrogens is 342 g/mol. The number of nitrogens with zero attached hydrogens (tertiary/aromatic N) is 1. The Morgan fingerprint density at radius 1 is 0.926 bits per heavy atom. The predicted octanol–water partition coefficient (Wildman–Crippen LogP) is 4.40. The van der Waals surface area contributed by atoms with Crippen molar-refractivity contribution in [3.63, 3.8) is 0 Å². The molecule has 27 heavy (non-hydrogen) atoms. The van der Waals surface area contributed by atoms with Crippen LogP contribution in [-0.4, -0.2) is 25.1 Å². The van der Waals surface area contributed by atoms with Gasteiger partial charge in [0.25, 0.3) is 5.91 Å². The van der Waals surface area contributed by atoms with Gasteiger partial charge in [-0.1, -0.05) is 17.7 Å². The molecule has 0 unspecified atom stereocenters. The van der Waals surface area contributed by atoms with Crippen LogP contribution in [0.3, 0.4) is 0 Å². The van der Waals surface area contributed by atoms with Crippen molar-refractivity contribution in [1.29, 1.82) is 0 Å². The fraction of sp³-hybridized carbons (Fsp3) is 0.143. The molecule has 0 spiro atoms. The van der Waals surface area contributed by atoms with E-state index in [-0.39, 0.29) is 5.91 Å². The number of hydrogen-bond donors (Lipinski definition) is 2. The van der Waals surface area contributed by atoms with Gasteiger partial charge in [0.05, 0.1) is 19.9 Å². The van der Waals surface area contributed by atoms with Crippen LogP contribution in [0, 0.1) is 6.92 Å². The fourth-order valence-electron chi connectivity index (χ4n) is 2.52. The molecule has 0 saturated carbocycles. The number of hydrogen-bond acceptors (Lipinski definition) is 5. The molecule has 1 heterocycles. The van der Waals surface area contributed by atoms with Crippen molar-refractivity contribution < 1.29 is 14.3 Å². The lowest BCUT2D eigenvalue weighted by Gasteiger charge is -2.12. The molecular formula is C21H21N3O3. The largest absolute Gasteiger partial charge is 0.497 e. The molecule has 1 aromatic heterocycles. The second-order valence-corrected chi connectivity index (χ2v) is 5.94. The van der Waals surface area contributed by atoms with Gasteiger partial charge in [-0.25, -0.2) is 0 Å². The molecule has 0 atom stereocenters. The van der Waals surface area contributed by atoms with Gasteiger partial charge in [-0.15, -0.1) is 0 Å². The van der Waals surface area contributed by atoms with Crippen LogP contribution >= 0.6 is 0 Å². The Hall–Kier alpha value is -3.54. The number of methoxy groups -OCH3 is 2. The Labute approximate surface area is 158 Å². The van der Waals surface area contributed by atoms with Crippen molar-refractivity contribution in [3.8, 4) is 11.5 Å². The first-order valence-electron chi connectivity index (χ1n) is 8.42. The second kappa shape index (κ2) is 8.23. The van der Waals surface area contributed by atoms with E-state index >= 15 is 0 Å². The maximum atomic E-state index is 12.6. The van der Waals surface area contributed by atoms with Crippen molar-refractivity contribution in [1.82, 2.24) is 4.98 Å². The highest BCUT2D eigenvalue weighted by atomic mass is 16.5. The molecule has 0 saturated heterocycles. The number of amides is 1. The summed E-state index contributed by atoms with van der Waals surface area (Å²) in [6.45, 7) is 2.03. The smallest absolute Gasteiger partial charge is 0.274 e. The highest BCUT2D eigenvalue weighted by Crippen LogP contribution is 2.29. The number of pyridine rings is 1. The molecule has 0 aliphatic carbocycles. The lowest BCUT2D eigenvalue weighted by Crippen LogP contribution is -2.14. The van der Waals surface area contributed by atoms with Crippen LogP contribution in [0.1, 0.15) is 16.1 Å². The molecule has 0 fully saturated rings.